The second-order valence-corrected chi connectivity index (χ2v) is 5.73. The normalized spacial score (nSPS) is 17.8. The molecule has 0 aliphatic carbocycles. The number of hydrogen-bond donors (Lipinski definition) is 2. The van der Waals surface area contributed by atoms with Crippen LogP contribution in [0.4, 0.5) is 0 Å². The smallest absolute Gasteiger partial charge is 0.276 e. The lowest BCUT2D eigenvalue weighted by atomic mass is 9.93. The van der Waals surface area contributed by atoms with Crippen molar-refractivity contribution >= 4 is 5.91 Å². The maximum absolute atomic E-state index is 11.5. The van der Waals surface area contributed by atoms with Crippen molar-refractivity contribution < 1.29 is 10.0 Å². The number of rotatable bonds is 3. The van der Waals surface area contributed by atoms with Gasteiger partial charge in [0.25, 0.3) is 5.91 Å². The molecule has 0 fully saturated rings. The fraction of sp³-hybridized carbons (Fsp3) is 0.294. The highest BCUT2D eigenvalue weighted by Gasteiger charge is 2.25. The summed E-state index contributed by atoms with van der Waals surface area (Å²) in [6.45, 7) is 0.756. The molecule has 2 aromatic rings. The molecule has 0 spiro atoms. The van der Waals surface area contributed by atoms with E-state index in [0.29, 0.717) is 11.6 Å². The first-order valence-corrected chi connectivity index (χ1v) is 7.34. The third-order valence-corrected chi connectivity index (χ3v) is 4.21. The molecular weight excluding hydrogens is 278 g/mol. The largest absolute Gasteiger partial charge is 0.298 e. The standard InChI is InChI=1S/C17H19N3O2/c1-20-11-14-8-13(17(21)19-22)10-18-16(14)9-15(20)7-12-5-3-2-4-6-12/h2-6,8,10,15,22H,7,9,11H2,1H3,(H,19,21)/t15-/m1/s1. The Balaban J connectivity index is 1.79. The molecule has 1 aromatic carbocycles. The van der Waals surface area contributed by atoms with Gasteiger partial charge in [-0.05, 0) is 30.7 Å². The first-order chi connectivity index (χ1) is 10.7. The molecule has 1 atom stereocenters. The molecule has 0 radical (unpaired) electrons. The third kappa shape index (κ3) is 3.00. The quantitative estimate of drug-likeness (QED) is 0.670. The van der Waals surface area contributed by atoms with Gasteiger partial charge in [-0.3, -0.25) is 19.9 Å². The minimum Gasteiger partial charge on any atom is -0.298 e. The van der Waals surface area contributed by atoms with E-state index in [9.17, 15) is 4.79 Å². The van der Waals surface area contributed by atoms with Crippen LogP contribution in [-0.2, 0) is 19.4 Å². The molecular formula is C17H19N3O2. The maximum atomic E-state index is 11.5. The van der Waals surface area contributed by atoms with Crippen molar-refractivity contribution in [3.63, 3.8) is 0 Å². The van der Waals surface area contributed by atoms with E-state index in [2.05, 4.69) is 41.2 Å². The van der Waals surface area contributed by atoms with Crippen LogP contribution in [0.15, 0.2) is 42.6 Å². The zero-order valence-corrected chi connectivity index (χ0v) is 12.5. The Morgan fingerprint density at radius 2 is 2.18 bits per heavy atom. The Bertz CT molecular complexity index is 673. The molecule has 5 heteroatoms. The zero-order chi connectivity index (χ0) is 15.5. The Kier molecular flexibility index (Phi) is 4.18. The molecule has 1 aliphatic heterocycles. The molecule has 1 aliphatic rings. The summed E-state index contributed by atoms with van der Waals surface area (Å²) in [4.78, 5) is 18.2. The predicted octanol–water partition coefficient (Wildman–Crippen LogP) is 1.80. The van der Waals surface area contributed by atoms with E-state index in [4.69, 9.17) is 5.21 Å². The van der Waals surface area contributed by atoms with Gasteiger partial charge in [0.2, 0.25) is 0 Å². The minimum absolute atomic E-state index is 0.385. The fourth-order valence-electron chi connectivity index (χ4n) is 2.94. The Hall–Kier alpha value is -2.24. The SMILES string of the molecule is CN1Cc2cc(C(=O)NO)cnc2C[C@H]1Cc1ccccc1. The van der Waals surface area contributed by atoms with Gasteiger partial charge in [-0.2, -0.15) is 0 Å². The Morgan fingerprint density at radius 1 is 1.41 bits per heavy atom. The minimum atomic E-state index is -0.524. The van der Waals surface area contributed by atoms with Crippen LogP contribution < -0.4 is 5.48 Å². The van der Waals surface area contributed by atoms with E-state index in [-0.39, 0.29) is 0 Å². The van der Waals surface area contributed by atoms with Crippen molar-refractivity contribution in [3.8, 4) is 0 Å². The summed E-state index contributed by atoms with van der Waals surface area (Å²) >= 11 is 0. The van der Waals surface area contributed by atoms with Crippen LogP contribution in [0.25, 0.3) is 0 Å². The average molecular weight is 297 g/mol. The number of amides is 1. The lowest BCUT2D eigenvalue weighted by Crippen LogP contribution is -2.39. The van der Waals surface area contributed by atoms with E-state index >= 15 is 0 Å². The molecule has 0 unspecified atom stereocenters. The second-order valence-electron chi connectivity index (χ2n) is 5.73. The molecule has 2 heterocycles. The van der Waals surface area contributed by atoms with E-state index in [1.54, 1.807) is 5.48 Å². The summed E-state index contributed by atoms with van der Waals surface area (Å²) in [7, 11) is 2.09. The van der Waals surface area contributed by atoms with Gasteiger partial charge in [-0.1, -0.05) is 30.3 Å². The molecule has 0 bridgehead atoms. The van der Waals surface area contributed by atoms with E-state index in [1.165, 1.54) is 11.8 Å². The number of hydroxylamine groups is 1. The summed E-state index contributed by atoms with van der Waals surface area (Å²) in [5, 5.41) is 8.71. The topological polar surface area (TPSA) is 65.5 Å². The van der Waals surface area contributed by atoms with Crippen LogP contribution >= 0.6 is 0 Å². The molecule has 0 saturated carbocycles. The summed E-state index contributed by atoms with van der Waals surface area (Å²) < 4.78 is 0. The number of nitrogens with zero attached hydrogens (tertiary/aromatic N) is 2. The van der Waals surface area contributed by atoms with Crippen molar-refractivity contribution in [3.05, 3.63) is 65.0 Å². The van der Waals surface area contributed by atoms with Crippen molar-refractivity contribution in [1.82, 2.24) is 15.4 Å². The number of pyridine rings is 1. The van der Waals surface area contributed by atoms with Crippen LogP contribution in [0, 0.1) is 0 Å². The van der Waals surface area contributed by atoms with Crippen LogP contribution in [0.3, 0.4) is 0 Å². The van der Waals surface area contributed by atoms with E-state index in [0.717, 1.165) is 30.6 Å². The van der Waals surface area contributed by atoms with Gasteiger partial charge in [-0.25, -0.2) is 5.48 Å². The molecule has 114 valence electrons. The van der Waals surface area contributed by atoms with Crippen molar-refractivity contribution in [2.24, 2.45) is 0 Å². The Morgan fingerprint density at radius 3 is 2.91 bits per heavy atom. The highest BCUT2D eigenvalue weighted by atomic mass is 16.5. The fourth-order valence-corrected chi connectivity index (χ4v) is 2.94. The zero-order valence-electron chi connectivity index (χ0n) is 12.5. The van der Waals surface area contributed by atoms with E-state index < -0.39 is 5.91 Å². The monoisotopic (exact) mass is 297 g/mol. The highest BCUT2D eigenvalue weighted by molar-refractivity contribution is 5.93. The van der Waals surface area contributed by atoms with E-state index in [1.807, 2.05) is 12.1 Å². The van der Waals surface area contributed by atoms with Crippen molar-refractivity contribution in [2.45, 2.75) is 25.4 Å². The third-order valence-electron chi connectivity index (χ3n) is 4.21. The Labute approximate surface area is 129 Å². The first-order valence-electron chi connectivity index (χ1n) is 7.34. The number of carbonyl (C=O) groups excluding carboxylic acids is 1. The van der Waals surface area contributed by atoms with Crippen molar-refractivity contribution in [1.29, 1.82) is 0 Å². The summed E-state index contributed by atoms with van der Waals surface area (Å²) in [5.74, 6) is -0.524. The maximum Gasteiger partial charge on any atom is 0.276 e. The van der Waals surface area contributed by atoms with Crippen molar-refractivity contribution in [2.75, 3.05) is 7.05 Å². The highest BCUT2D eigenvalue weighted by Crippen LogP contribution is 2.23. The molecule has 1 aromatic heterocycles. The van der Waals surface area contributed by atoms with Gasteiger partial charge in [-0.15, -0.1) is 0 Å². The average Bonchev–Trinajstić information content (AvgIpc) is 2.55. The molecule has 3 rings (SSSR count). The summed E-state index contributed by atoms with van der Waals surface area (Å²) in [6.07, 6.45) is 3.37. The number of fused-ring (bicyclic) bond motifs is 1. The first kappa shape index (κ1) is 14.7. The molecule has 5 nitrogen and oxygen atoms in total. The lowest BCUT2D eigenvalue weighted by Gasteiger charge is -2.33. The van der Waals surface area contributed by atoms with Gasteiger partial charge in [0.05, 0.1) is 5.56 Å². The lowest BCUT2D eigenvalue weighted by molar-refractivity contribution is 0.0705. The number of hydrogen-bond acceptors (Lipinski definition) is 4. The van der Waals surface area contributed by atoms with Crippen LogP contribution in [0.1, 0.15) is 27.2 Å². The molecule has 0 saturated heterocycles. The number of benzene rings is 1. The van der Waals surface area contributed by atoms with Gasteiger partial charge in [0, 0.05) is 30.9 Å². The van der Waals surface area contributed by atoms with Crippen LogP contribution in [-0.4, -0.2) is 34.1 Å². The number of aromatic nitrogens is 1. The van der Waals surface area contributed by atoms with Crippen LogP contribution in [0.5, 0.6) is 0 Å². The van der Waals surface area contributed by atoms with Gasteiger partial charge in [0.1, 0.15) is 0 Å². The summed E-state index contributed by atoms with van der Waals surface area (Å²) in [6, 6.07) is 12.6. The van der Waals surface area contributed by atoms with Gasteiger partial charge < -0.3 is 0 Å². The second kappa shape index (κ2) is 6.25. The number of nitrogens with one attached hydrogen (secondary N) is 1. The number of carbonyl (C=O) groups is 1. The molecule has 22 heavy (non-hydrogen) atoms. The number of likely N-dealkylation sites (N-methyl/N-ethyl adjacent to an activating group) is 1. The summed E-state index contributed by atoms with van der Waals surface area (Å²) in [5.41, 5.74) is 5.44. The van der Waals surface area contributed by atoms with Crippen LogP contribution in [0.2, 0.25) is 0 Å². The van der Waals surface area contributed by atoms with Gasteiger partial charge in [0.15, 0.2) is 0 Å². The molecule has 1 amide bonds. The van der Waals surface area contributed by atoms with Gasteiger partial charge >= 0.3 is 0 Å². The molecule has 2 N–H and O–H groups in total. The predicted molar refractivity (Wildman–Crippen MR) is 82.6 cm³/mol.